The van der Waals surface area contributed by atoms with Gasteiger partial charge in [0, 0.05) is 30.0 Å². The number of aliphatic imine (C=N–C) groups is 1. The predicted octanol–water partition coefficient (Wildman–Crippen LogP) is 8.60. The van der Waals surface area contributed by atoms with Crippen LogP contribution in [0.25, 0.3) is 0 Å². The van der Waals surface area contributed by atoms with Crippen LogP contribution in [0.3, 0.4) is 0 Å². The van der Waals surface area contributed by atoms with Crippen molar-refractivity contribution in [3.8, 4) is 0 Å². The molecule has 0 aromatic heterocycles. The number of fused-ring (bicyclic) bond motifs is 4. The highest BCUT2D eigenvalue weighted by atomic mass is 16.5. The summed E-state index contributed by atoms with van der Waals surface area (Å²) in [5.41, 5.74) is 9.26. The smallest absolute Gasteiger partial charge is 0.302 e. The molecule has 7 heteroatoms. The number of hydrogen-bond acceptors (Lipinski definition) is 5. The van der Waals surface area contributed by atoms with E-state index >= 15 is 0 Å². The van der Waals surface area contributed by atoms with Crippen LogP contribution in [-0.2, 0) is 14.3 Å². The number of ether oxygens (including phenoxy) is 1. The minimum atomic E-state index is -0.250. The second-order valence-corrected chi connectivity index (χ2v) is 17.3. The number of hydrogen-bond donors (Lipinski definition) is 3. The standard InChI is InChI=1S/C37H61N3O2.CH2O2/c1-23(2)21-33(6)16-17-35(8)27-12-13-31(37(18-19-37)29(27)20-32(39)36(35,9)22-33)34(7)15-14-30(42-26(5)41)28(34)11-10-24(3)40-25(4)38;2-1-3/h20,23-24,27-28,30-31,39H,10-19,21-22H2,1-9H3,(H2,38,40);1H,(H,2,3)/t24?,27?,28?,30-,31?,33-,34-,35?,36-;/m1./s1. The Balaban J connectivity index is 0.00000148. The maximum absolute atomic E-state index is 12.2. The van der Waals surface area contributed by atoms with Crippen LogP contribution in [0.15, 0.2) is 16.6 Å². The number of esters is 1. The van der Waals surface area contributed by atoms with E-state index in [0.29, 0.717) is 34.9 Å². The van der Waals surface area contributed by atoms with Crippen LogP contribution in [-0.4, -0.2) is 41.2 Å². The zero-order valence-electron chi connectivity index (χ0n) is 29.8. The van der Waals surface area contributed by atoms with Gasteiger partial charge in [0.1, 0.15) is 6.10 Å². The SMILES string of the molecule is CC(=O)O[C@@H]1CC[C@@](C)(C2CCC3C(=CC(=N)[C@@]4(C)C[C@@](C)(CC(C)C)CCC34C)C23CC3)C1CCC(C)N=C(C)N.O=CO. The molecule has 4 fully saturated rings. The summed E-state index contributed by atoms with van der Waals surface area (Å²) < 4.78 is 6.03. The maximum Gasteiger partial charge on any atom is 0.302 e. The van der Waals surface area contributed by atoms with E-state index in [1.54, 1.807) is 12.5 Å². The quantitative estimate of drug-likeness (QED) is 0.108. The van der Waals surface area contributed by atoms with Gasteiger partial charge >= 0.3 is 5.97 Å². The van der Waals surface area contributed by atoms with Gasteiger partial charge in [0.25, 0.3) is 6.47 Å². The van der Waals surface area contributed by atoms with Crippen molar-refractivity contribution in [2.24, 2.45) is 61.5 Å². The third kappa shape index (κ3) is 6.40. The Morgan fingerprint density at radius 2 is 1.73 bits per heavy atom. The van der Waals surface area contributed by atoms with Gasteiger partial charge in [-0.05, 0) is 136 Å². The Bertz CT molecular complexity index is 1200. The average Bonchev–Trinajstić information content (AvgIpc) is 3.63. The van der Waals surface area contributed by atoms with Gasteiger partial charge in [-0.1, -0.05) is 47.1 Å². The van der Waals surface area contributed by atoms with Crippen molar-refractivity contribution in [3.63, 3.8) is 0 Å². The number of carboxylic acid groups (broad SMARTS) is 1. The van der Waals surface area contributed by atoms with E-state index < -0.39 is 0 Å². The fourth-order valence-corrected chi connectivity index (χ4v) is 11.8. The third-order valence-corrected chi connectivity index (χ3v) is 13.7. The predicted molar refractivity (Wildman–Crippen MR) is 182 cm³/mol. The molecule has 7 nitrogen and oxygen atoms in total. The number of nitrogens with zero attached hydrogens (tertiary/aromatic N) is 1. The Morgan fingerprint density at radius 3 is 2.29 bits per heavy atom. The zero-order valence-corrected chi connectivity index (χ0v) is 29.8. The first kappa shape index (κ1) is 35.7. The molecule has 0 radical (unpaired) electrons. The van der Waals surface area contributed by atoms with Crippen molar-refractivity contribution in [1.29, 1.82) is 5.41 Å². The van der Waals surface area contributed by atoms with Crippen molar-refractivity contribution >= 4 is 24.0 Å². The molecule has 254 valence electrons. The van der Waals surface area contributed by atoms with Crippen molar-refractivity contribution in [2.45, 2.75) is 152 Å². The first-order chi connectivity index (χ1) is 20.9. The highest BCUT2D eigenvalue weighted by Crippen LogP contribution is 2.76. The molecule has 45 heavy (non-hydrogen) atoms. The first-order valence-electron chi connectivity index (χ1n) is 17.8. The number of allylic oxidation sites excluding steroid dienone is 2. The number of nitrogens with one attached hydrogen (secondary N) is 1. The van der Waals surface area contributed by atoms with Crippen LogP contribution >= 0.6 is 0 Å². The largest absolute Gasteiger partial charge is 0.483 e. The van der Waals surface area contributed by atoms with Crippen LogP contribution in [0.2, 0.25) is 0 Å². The van der Waals surface area contributed by atoms with Gasteiger partial charge in [0.05, 0.1) is 5.84 Å². The average molecular weight is 626 g/mol. The summed E-state index contributed by atoms with van der Waals surface area (Å²) in [5, 5.41) is 16.5. The van der Waals surface area contributed by atoms with Crippen LogP contribution in [0.4, 0.5) is 0 Å². The molecule has 0 aromatic rings. The summed E-state index contributed by atoms with van der Waals surface area (Å²) in [5.74, 6) is 2.70. The molecule has 0 amide bonds. The molecule has 0 bridgehead atoms. The molecule has 0 aliphatic heterocycles. The topological polar surface area (TPSA) is 126 Å². The van der Waals surface area contributed by atoms with Gasteiger partial charge in [-0.25, -0.2) is 0 Å². The lowest BCUT2D eigenvalue weighted by atomic mass is 9.39. The minimum absolute atomic E-state index is 0.00685. The molecule has 4 N–H and O–H groups in total. The third-order valence-electron chi connectivity index (χ3n) is 13.7. The summed E-state index contributed by atoms with van der Waals surface area (Å²) in [6.07, 6.45) is 16.4. The second kappa shape index (κ2) is 12.8. The number of rotatable bonds is 8. The molecule has 5 rings (SSSR count). The highest BCUT2D eigenvalue weighted by Gasteiger charge is 2.69. The molecule has 1 spiro atoms. The van der Waals surface area contributed by atoms with E-state index in [1.165, 1.54) is 44.9 Å². The lowest BCUT2D eigenvalue weighted by Gasteiger charge is -2.64. The molecule has 0 saturated heterocycles. The van der Waals surface area contributed by atoms with E-state index in [2.05, 4.69) is 59.5 Å². The van der Waals surface area contributed by atoms with Crippen molar-refractivity contribution < 1.29 is 19.4 Å². The molecular formula is C38H63N3O4. The zero-order chi connectivity index (χ0) is 33.6. The van der Waals surface area contributed by atoms with Crippen molar-refractivity contribution in [2.75, 3.05) is 0 Å². The highest BCUT2D eigenvalue weighted by molar-refractivity contribution is 6.00. The normalized spacial score (nSPS) is 40.9. The van der Waals surface area contributed by atoms with E-state index in [0.717, 1.165) is 37.8 Å². The fourth-order valence-electron chi connectivity index (χ4n) is 11.8. The molecule has 5 aliphatic rings. The van der Waals surface area contributed by atoms with E-state index in [1.807, 2.05) is 6.92 Å². The molecule has 4 saturated carbocycles. The van der Waals surface area contributed by atoms with Gasteiger partial charge < -0.3 is 21.0 Å². The number of amidine groups is 1. The Morgan fingerprint density at radius 1 is 1.09 bits per heavy atom. The molecule has 0 aromatic carbocycles. The molecule has 9 atom stereocenters. The summed E-state index contributed by atoms with van der Waals surface area (Å²) in [6.45, 7) is 20.1. The van der Waals surface area contributed by atoms with Crippen LogP contribution in [0.1, 0.15) is 139 Å². The summed E-state index contributed by atoms with van der Waals surface area (Å²) >= 11 is 0. The Hall–Kier alpha value is -2.18. The van der Waals surface area contributed by atoms with E-state index in [-0.39, 0.29) is 46.2 Å². The Kier molecular flexibility index (Phi) is 10.1. The number of nitrogens with two attached hydrogens (primary N) is 1. The second-order valence-electron chi connectivity index (χ2n) is 17.3. The fraction of sp³-hybridized carbons (Fsp3) is 0.842. The number of carbonyl (C=O) groups is 2. The van der Waals surface area contributed by atoms with Gasteiger partial charge in [0.15, 0.2) is 0 Å². The molecule has 5 aliphatic carbocycles. The van der Waals surface area contributed by atoms with Crippen LogP contribution < -0.4 is 5.73 Å². The van der Waals surface area contributed by atoms with E-state index in [4.69, 9.17) is 20.4 Å². The first-order valence-corrected chi connectivity index (χ1v) is 17.8. The summed E-state index contributed by atoms with van der Waals surface area (Å²) in [7, 11) is 0. The summed E-state index contributed by atoms with van der Waals surface area (Å²) in [6, 6.07) is 0.176. The lowest BCUT2D eigenvalue weighted by molar-refractivity contribution is -0.150. The van der Waals surface area contributed by atoms with Crippen molar-refractivity contribution in [3.05, 3.63) is 11.6 Å². The van der Waals surface area contributed by atoms with Gasteiger partial charge in [0.2, 0.25) is 0 Å². The van der Waals surface area contributed by atoms with E-state index in [9.17, 15) is 10.2 Å². The van der Waals surface area contributed by atoms with Crippen LogP contribution in [0, 0.1) is 56.2 Å². The summed E-state index contributed by atoms with van der Waals surface area (Å²) in [4.78, 5) is 25.2. The lowest BCUT2D eigenvalue weighted by Crippen LogP contribution is -2.59. The molecular weight excluding hydrogens is 562 g/mol. The minimum Gasteiger partial charge on any atom is -0.483 e. The maximum atomic E-state index is 12.2. The number of carbonyl (C=O) groups excluding carboxylic acids is 1. The molecule has 0 heterocycles. The van der Waals surface area contributed by atoms with Crippen molar-refractivity contribution in [1.82, 2.24) is 0 Å². The monoisotopic (exact) mass is 625 g/mol. The molecule has 5 unspecified atom stereocenters. The van der Waals surface area contributed by atoms with Gasteiger partial charge in [-0.3, -0.25) is 14.6 Å². The van der Waals surface area contributed by atoms with Gasteiger partial charge in [-0.15, -0.1) is 0 Å². The Labute approximate surface area is 273 Å². The van der Waals surface area contributed by atoms with Gasteiger partial charge in [-0.2, -0.15) is 0 Å². The van der Waals surface area contributed by atoms with Crippen LogP contribution in [0.5, 0.6) is 0 Å².